The molecule has 3 heteroatoms. The number of carbonyl (C=O) groups is 1. The zero-order valence-electron chi connectivity index (χ0n) is 10.0. The Morgan fingerprint density at radius 2 is 2.06 bits per heavy atom. The number of hydrogen-bond donors (Lipinski definition) is 0. The molecule has 2 aromatic rings. The normalized spacial score (nSPS) is 12.4. The van der Waals surface area contributed by atoms with Crippen LogP contribution in [0.5, 0.6) is 0 Å². The summed E-state index contributed by atoms with van der Waals surface area (Å²) < 4.78 is 4.70. The van der Waals surface area contributed by atoms with E-state index in [1.165, 1.54) is 7.11 Å². The average Bonchev–Trinajstić information content (AvgIpc) is 2.37. The van der Waals surface area contributed by atoms with Crippen molar-refractivity contribution >= 4 is 16.9 Å². The lowest BCUT2D eigenvalue weighted by atomic mass is 10.0. The first kappa shape index (κ1) is 11.6. The summed E-state index contributed by atoms with van der Waals surface area (Å²) in [5.74, 6) is -0.353. The predicted octanol–water partition coefficient (Wildman–Crippen LogP) is 2.59. The molecule has 2 rings (SSSR count). The van der Waals surface area contributed by atoms with E-state index in [0.717, 1.165) is 16.6 Å². The number of benzene rings is 1. The predicted molar refractivity (Wildman–Crippen MR) is 66.6 cm³/mol. The molecule has 0 spiro atoms. The van der Waals surface area contributed by atoms with E-state index in [-0.39, 0.29) is 11.9 Å². The number of hydrogen-bond acceptors (Lipinski definition) is 3. The molecule has 0 aliphatic heterocycles. The van der Waals surface area contributed by atoms with E-state index < -0.39 is 0 Å². The number of pyridine rings is 1. The maximum absolute atomic E-state index is 11.3. The van der Waals surface area contributed by atoms with Gasteiger partial charge in [0.25, 0.3) is 0 Å². The highest BCUT2D eigenvalue weighted by Crippen LogP contribution is 2.14. The molecule has 0 N–H and O–H groups in total. The minimum Gasteiger partial charge on any atom is -0.469 e. The lowest BCUT2D eigenvalue weighted by Crippen LogP contribution is -2.15. The maximum atomic E-state index is 11.3. The SMILES string of the molecule is COC(=O)C(C)Cc1ccc2ccccc2n1. The maximum Gasteiger partial charge on any atom is 0.308 e. The van der Waals surface area contributed by atoms with Gasteiger partial charge in [-0.05, 0) is 12.1 Å². The smallest absolute Gasteiger partial charge is 0.308 e. The van der Waals surface area contributed by atoms with Gasteiger partial charge in [0, 0.05) is 17.5 Å². The summed E-state index contributed by atoms with van der Waals surface area (Å²) in [5, 5.41) is 1.11. The number of esters is 1. The fourth-order valence-corrected chi connectivity index (χ4v) is 1.82. The molecule has 0 saturated heterocycles. The van der Waals surface area contributed by atoms with Crippen LogP contribution in [0.3, 0.4) is 0 Å². The third-order valence-corrected chi connectivity index (χ3v) is 2.77. The Morgan fingerprint density at radius 1 is 1.29 bits per heavy atom. The highest BCUT2D eigenvalue weighted by atomic mass is 16.5. The zero-order valence-corrected chi connectivity index (χ0v) is 10.0. The van der Waals surface area contributed by atoms with E-state index in [2.05, 4.69) is 4.98 Å². The number of rotatable bonds is 3. The van der Waals surface area contributed by atoms with Crippen molar-refractivity contribution in [3.63, 3.8) is 0 Å². The molecule has 0 aliphatic rings. The number of methoxy groups -OCH3 is 1. The molecular weight excluding hydrogens is 214 g/mol. The molecule has 88 valence electrons. The molecule has 1 aromatic heterocycles. The molecule has 0 radical (unpaired) electrons. The topological polar surface area (TPSA) is 39.2 Å². The van der Waals surface area contributed by atoms with Crippen molar-refractivity contribution < 1.29 is 9.53 Å². The van der Waals surface area contributed by atoms with Gasteiger partial charge in [0.2, 0.25) is 0 Å². The van der Waals surface area contributed by atoms with Crippen molar-refractivity contribution in [2.45, 2.75) is 13.3 Å². The van der Waals surface area contributed by atoms with Crippen LogP contribution in [0, 0.1) is 5.92 Å². The minimum absolute atomic E-state index is 0.159. The third kappa shape index (κ3) is 2.61. The molecule has 0 saturated carbocycles. The first-order valence-corrected chi connectivity index (χ1v) is 5.63. The summed E-state index contributed by atoms with van der Waals surface area (Å²) in [6.45, 7) is 1.85. The largest absolute Gasteiger partial charge is 0.469 e. The number of aromatic nitrogens is 1. The lowest BCUT2D eigenvalue weighted by Gasteiger charge is -2.08. The van der Waals surface area contributed by atoms with E-state index in [4.69, 9.17) is 4.74 Å². The van der Waals surface area contributed by atoms with Crippen LogP contribution >= 0.6 is 0 Å². The van der Waals surface area contributed by atoms with Crippen molar-refractivity contribution in [2.24, 2.45) is 5.92 Å². The van der Waals surface area contributed by atoms with Crippen LogP contribution in [0.4, 0.5) is 0 Å². The Bertz CT molecular complexity index is 536. The second-order valence-corrected chi connectivity index (χ2v) is 4.12. The van der Waals surface area contributed by atoms with E-state index in [1.807, 2.05) is 43.3 Å². The molecule has 1 aromatic carbocycles. The highest BCUT2D eigenvalue weighted by Gasteiger charge is 2.14. The van der Waals surface area contributed by atoms with Crippen molar-refractivity contribution in [2.75, 3.05) is 7.11 Å². The van der Waals surface area contributed by atoms with Gasteiger partial charge in [-0.25, -0.2) is 0 Å². The summed E-state index contributed by atoms with van der Waals surface area (Å²) in [7, 11) is 1.41. The number of ether oxygens (including phenoxy) is 1. The Labute approximate surface area is 100 Å². The van der Waals surface area contributed by atoms with Crippen LogP contribution in [-0.2, 0) is 16.0 Å². The Hall–Kier alpha value is -1.90. The van der Waals surface area contributed by atoms with Gasteiger partial charge < -0.3 is 4.74 Å². The molecular formula is C14H15NO2. The Morgan fingerprint density at radius 3 is 2.82 bits per heavy atom. The lowest BCUT2D eigenvalue weighted by molar-refractivity contribution is -0.144. The van der Waals surface area contributed by atoms with Crippen LogP contribution in [-0.4, -0.2) is 18.1 Å². The Balaban J connectivity index is 2.22. The van der Waals surface area contributed by atoms with Crippen LogP contribution in [0.15, 0.2) is 36.4 Å². The van der Waals surface area contributed by atoms with Gasteiger partial charge in [-0.1, -0.05) is 31.2 Å². The molecule has 0 amide bonds. The van der Waals surface area contributed by atoms with Gasteiger partial charge in [-0.15, -0.1) is 0 Å². The zero-order chi connectivity index (χ0) is 12.3. The van der Waals surface area contributed by atoms with Crippen LogP contribution in [0.25, 0.3) is 10.9 Å². The second-order valence-electron chi connectivity index (χ2n) is 4.12. The van der Waals surface area contributed by atoms with Crippen LogP contribution in [0.2, 0.25) is 0 Å². The summed E-state index contributed by atoms with van der Waals surface area (Å²) in [6, 6.07) is 11.9. The van der Waals surface area contributed by atoms with Crippen LogP contribution in [0.1, 0.15) is 12.6 Å². The molecule has 3 nitrogen and oxygen atoms in total. The van der Waals surface area contributed by atoms with Crippen molar-refractivity contribution in [1.29, 1.82) is 0 Å². The van der Waals surface area contributed by atoms with Crippen LogP contribution < -0.4 is 0 Å². The summed E-state index contributed by atoms with van der Waals surface area (Å²) in [6.07, 6.45) is 0.609. The van der Waals surface area contributed by atoms with Crippen molar-refractivity contribution in [3.8, 4) is 0 Å². The summed E-state index contributed by atoms with van der Waals surface area (Å²) in [4.78, 5) is 15.9. The number of fused-ring (bicyclic) bond motifs is 1. The first-order valence-electron chi connectivity index (χ1n) is 5.63. The van der Waals surface area contributed by atoms with E-state index in [1.54, 1.807) is 0 Å². The van der Waals surface area contributed by atoms with Gasteiger partial charge in [0.1, 0.15) is 0 Å². The standard InChI is InChI=1S/C14H15NO2/c1-10(14(16)17-2)9-12-8-7-11-5-3-4-6-13(11)15-12/h3-8,10H,9H2,1-2H3. The summed E-state index contributed by atoms with van der Waals surface area (Å²) >= 11 is 0. The molecule has 0 aliphatic carbocycles. The average molecular weight is 229 g/mol. The minimum atomic E-state index is -0.194. The molecule has 1 atom stereocenters. The van der Waals surface area contributed by atoms with E-state index >= 15 is 0 Å². The van der Waals surface area contributed by atoms with Crippen molar-refractivity contribution in [3.05, 3.63) is 42.1 Å². The van der Waals surface area contributed by atoms with Gasteiger partial charge in [-0.2, -0.15) is 0 Å². The fraction of sp³-hybridized carbons (Fsp3) is 0.286. The molecule has 1 heterocycles. The Kier molecular flexibility index (Phi) is 3.38. The van der Waals surface area contributed by atoms with Gasteiger partial charge in [0.05, 0.1) is 18.5 Å². The third-order valence-electron chi connectivity index (χ3n) is 2.77. The quantitative estimate of drug-likeness (QED) is 0.759. The van der Waals surface area contributed by atoms with Gasteiger partial charge in [-0.3, -0.25) is 9.78 Å². The fourth-order valence-electron chi connectivity index (χ4n) is 1.82. The number of para-hydroxylation sites is 1. The summed E-state index contributed by atoms with van der Waals surface area (Å²) in [5.41, 5.74) is 1.88. The van der Waals surface area contributed by atoms with Gasteiger partial charge >= 0.3 is 5.97 Å². The molecule has 0 bridgehead atoms. The van der Waals surface area contributed by atoms with E-state index in [9.17, 15) is 4.79 Å². The number of nitrogens with zero attached hydrogens (tertiary/aromatic N) is 1. The molecule has 0 fully saturated rings. The van der Waals surface area contributed by atoms with Crippen molar-refractivity contribution in [1.82, 2.24) is 4.98 Å². The van der Waals surface area contributed by atoms with Gasteiger partial charge in [0.15, 0.2) is 0 Å². The van der Waals surface area contributed by atoms with E-state index in [0.29, 0.717) is 6.42 Å². The second kappa shape index (κ2) is 4.95. The first-order chi connectivity index (χ1) is 8.20. The molecule has 17 heavy (non-hydrogen) atoms. The highest BCUT2D eigenvalue weighted by molar-refractivity contribution is 5.78. The monoisotopic (exact) mass is 229 g/mol. The number of carbonyl (C=O) groups excluding carboxylic acids is 1. The molecule has 1 unspecified atom stereocenters.